The van der Waals surface area contributed by atoms with Crippen molar-refractivity contribution in [2.24, 2.45) is 0 Å². The highest BCUT2D eigenvalue weighted by Crippen LogP contribution is 2.30. The summed E-state index contributed by atoms with van der Waals surface area (Å²) in [6.45, 7) is -0.0425. The minimum absolute atomic E-state index is 0.0425. The van der Waals surface area contributed by atoms with Crippen molar-refractivity contribution in [3.8, 4) is 11.5 Å². The summed E-state index contributed by atoms with van der Waals surface area (Å²) >= 11 is 0. The minimum atomic E-state index is -1.19. The van der Waals surface area contributed by atoms with Gasteiger partial charge in [-0.15, -0.1) is 0 Å². The predicted molar refractivity (Wildman–Crippen MR) is 118 cm³/mol. The molecule has 0 aliphatic carbocycles. The van der Waals surface area contributed by atoms with Gasteiger partial charge in [-0.2, -0.15) is 0 Å². The maximum absolute atomic E-state index is 12.9. The van der Waals surface area contributed by atoms with E-state index in [1.807, 2.05) is 0 Å². The Hall–Kier alpha value is -4.86. The number of para-hydroxylation sites is 1. The number of carbonyl (C=O) groups is 4. The van der Waals surface area contributed by atoms with Crippen molar-refractivity contribution in [2.75, 3.05) is 12.0 Å². The van der Waals surface area contributed by atoms with E-state index in [2.05, 4.69) is 5.32 Å². The van der Waals surface area contributed by atoms with E-state index in [9.17, 15) is 19.2 Å². The molecule has 1 aliphatic rings. The molecule has 1 aliphatic heterocycles. The average molecular weight is 462 g/mol. The Balaban J connectivity index is 1.56. The Bertz CT molecular complexity index is 1310. The molecule has 1 aromatic heterocycles. The summed E-state index contributed by atoms with van der Waals surface area (Å²) < 4.78 is 16.1. The van der Waals surface area contributed by atoms with Crippen LogP contribution in [0.1, 0.15) is 21.9 Å². The van der Waals surface area contributed by atoms with Crippen LogP contribution in [0.3, 0.4) is 0 Å². The molecule has 0 saturated carbocycles. The number of benzene rings is 2. The molecule has 1 fully saturated rings. The first-order valence-electron chi connectivity index (χ1n) is 9.96. The van der Waals surface area contributed by atoms with E-state index in [-0.39, 0.29) is 17.9 Å². The Morgan fingerprint density at radius 1 is 1.06 bits per heavy atom. The van der Waals surface area contributed by atoms with Crippen LogP contribution in [0.4, 0.5) is 10.5 Å². The van der Waals surface area contributed by atoms with Gasteiger partial charge in [-0.1, -0.05) is 24.3 Å². The molecule has 4 rings (SSSR count). The van der Waals surface area contributed by atoms with Crippen LogP contribution in [0.25, 0.3) is 6.08 Å². The topological polar surface area (TPSA) is 135 Å². The monoisotopic (exact) mass is 462 g/mol. The average Bonchev–Trinajstić information content (AvgIpc) is 3.31. The fourth-order valence-corrected chi connectivity index (χ4v) is 3.25. The standard InChI is InChI=1S/C24H18N2O8/c1-32-20-12-14(7-9-18(20)33-13-16-8-10-19(34-16)23(29)30)11-17-21(27)25-24(31)26(22(17)28)15-5-3-2-4-6-15/h2-12H,13H2,1H3,(H,29,30)(H,25,27,31)/b17-11+. The maximum Gasteiger partial charge on any atom is 0.371 e. The van der Waals surface area contributed by atoms with E-state index >= 15 is 0 Å². The lowest BCUT2D eigenvalue weighted by Crippen LogP contribution is -2.54. The smallest absolute Gasteiger partial charge is 0.371 e. The number of rotatable bonds is 7. The zero-order valence-corrected chi connectivity index (χ0v) is 17.8. The lowest BCUT2D eigenvalue weighted by molar-refractivity contribution is -0.122. The molecule has 172 valence electrons. The maximum atomic E-state index is 12.9. The predicted octanol–water partition coefficient (Wildman–Crippen LogP) is 3.23. The molecule has 3 aromatic rings. The van der Waals surface area contributed by atoms with Gasteiger partial charge < -0.3 is 19.0 Å². The van der Waals surface area contributed by atoms with Crippen LogP contribution in [0.2, 0.25) is 0 Å². The van der Waals surface area contributed by atoms with Crippen LogP contribution >= 0.6 is 0 Å². The third-order valence-electron chi connectivity index (χ3n) is 4.86. The van der Waals surface area contributed by atoms with Crippen molar-refractivity contribution < 1.29 is 38.2 Å². The van der Waals surface area contributed by atoms with Crippen LogP contribution in [0, 0.1) is 0 Å². The third kappa shape index (κ3) is 4.51. The molecule has 2 heterocycles. The molecule has 0 bridgehead atoms. The highest BCUT2D eigenvalue weighted by Gasteiger charge is 2.36. The molecule has 10 heteroatoms. The summed E-state index contributed by atoms with van der Waals surface area (Å²) in [4.78, 5) is 49.4. The van der Waals surface area contributed by atoms with E-state index in [0.29, 0.717) is 28.5 Å². The van der Waals surface area contributed by atoms with Gasteiger partial charge in [-0.3, -0.25) is 14.9 Å². The van der Waals surface area contributed by atoms with Crippen molar-refractivity contribution in [1.82, 2.24) is 5.32 Å². The second kappa shape index (κ2) is 9.33. The number of carbonyl (C=O) groups excluding carboxylic acids is 3. The van der Waals surface area contributed by atoms with Gasteiger partial charge in [0.1, 0.15) is 17.9 Å². The number of anilines is 1. The second-order valence-electron chi connectivity index (χ2n) is 7.06. The van der Waals surface area contributed by atoms with Gasteiger partial charge in [-0.25, -0.2) is 14.5 Å². The van der Waals surface area contributed by atoms with Crippen molar-refractivity contribution >= 4 is 35.6 Å². The Morgan fingerprint density at radius 3 is 2.50 bits per heavy atom. The van der Waals surface area contributed by atoms with E-state index < -0.39 is 23.8 Å². The molecular weight excluding hydrogens is 444 g/mol. The molecule has 1 saturated heterocycles. The summed E-state index contributed by atoms with van der Waals surface area (Å²) in [5.41, 5.74) is 0.556. The van der Waals surface area contributed by atoms with E-state index in [4.69, 9.17) is 19.0 Å². The summed E-state index contributed by atoms with van der Waals surface area (Å²) in [7, 11) is 1.42. The lowest BCUT2D eigenvalue weighted by atomic mass is 10.1. The first-order chi connectivity index (χ1) is 16.4. The molecule has 0 unspecified atom stereocenters. The summed E-state index contributed by atoms with van der Waals surface area (Å²) in [6, 6.07) is 14.9. The molecule has 2 aromatic carbocycles. The van der Waals surface area contributed by atoms with E-state index in [1.54, 1.807) is 48.5 Å². The number of amides is 4. The van der Waals surface area contributed by atoms with Crippen molar-refractivity contribution in [3.63, 3.8) is 0 Å². The second-order valence-corrected chi connectivity index (χ2v) is 7.06. The molecule has 34 heavy (non-hydrogen) atoms. The number of hydrogen-bond donors (Lipinski definition) is 2. The summed E-state index contributed by atoms with van der Waals surface area (Å²) in [5.74, 6) is -2.01. The number of imide groups is 2. The Kier molecular flexibility index (Phi) is 6.13. The molecular formula is C24H18N2O8. The Morgan fingerprint density at radius 2 is 1.82 bits per heavy atom. The van der Waals surface area contributed by atoms with Crippen molar-refractivity contribution in [2.45, 2.75) is 6.61 Å². The number of nitrogens with zero attached hydrogens (tertiary/aromatic N) is 1. The number of barbiturate groups is 1. The number of carboxylic acids is 1. The van der Waals surface area contributed by atoms with Gasteiger partial charge in [0.2, 0.25) is 5.76 Å². The Labute approximate surface area is 193 Å². The zero-order valence-electron chi connectivity index (χ0n) is 17.8. The highest BCUT2D eigenvalue weighted by atomic mass is 16.5. The first-order valence-corrected chi connectivity index (χ1v) is 9.96. The zero-order chi connectivity index (χ0) is 24.2. The summed E-state index contributed by atoms with van der Waals surface area (Å²) in [6.07, 6.45) is 1.35. The molecule has 10 nitrogen and oxygen atoms in total. The SMILES string of the molecule is COc1cc(/C=C2\C(=O)NC(=O)N(c3ccccc3)C2=O)ccc1OCc1ccc(C(=O)O)o1. The third-order valence-corrected chi connectivity index (χ3v) is 4.86. The quantitative estimate of drug-likeness (QED) is 0.404. The van der Waals surface area contributed by atoms with Crippen molar-refractivity contribution in [1.29, 1.82) is 0 Å². The van der Waals surface area contributed by atoms with Gasteiger partial charge in [0.05, 0.1) is 12.8 Å². The molecule has 4 amide bonds. The molecule has 2 N–H and O–H groups in total. The van der Waals surface area contributed by atoms with Gasteiger partial charge in [-0.05, 0) is 48.0 Å². The van der Waals surface area contributed by atoms with E-state index in [1.165, 1.54) is 25.3 Å². The number of methoxy groups -OCH3 is 1. The van der Waals surface area contributed by atoms with Crippen molar-refractivity contribution in [3.05, 3.63) is 83.3 Å². The van der Waals surface area contributed by atoms with Crippen LogP contribution in [0.5, 0.6) is 11.5 Å². The van der Waals surface area contributed by atoms with Crippen LogP contribution in [-0.4, -0.2) is 36.0 Å². The van der Waals surface area contributed by atoms with Crippen LogP contribution < -0.4 is 19.7 Å². The number of furan rings is 1. The number of carboxylic acid groups (broad SMARTS) is 1. The van der Waals surface area contributed by atoms with Gasteiger partial charge in [0.15, 0.2) is 11.5 Å². The number of urea groups is 1. The molecule has 0 spiro atoms. The summed E-state index contributed by atoms with van der Waals surface area (Å²) in [5, 5.41) is 11.1. The minimum Gasteiger partial charge on any atom is -0.493 e. The molecule has 0 atom stereocenters. The van der Waals surface area contributed by atoms with Gasteiger partial charge in [0, 0.05) is 0 Å². The fraction of sp³-hybridized carbons (Fsp3) is 0.0833. The first kappa shape index (κ1) is 22.3. The van der Waals surface area contributed by atoms with Gasteiger partial charge in [0.25, 0.3) is 11.8 Å². The fourth-order valence-electron chi connectivity index (χ4n) is 3.25. The van der Waals surface area contributed by atoms with Crippen LogP contribution in [0.15, 0.2) is 70.7 Å². The van der Waals surface area contributed by atoms with Gasteiger partial charge >= 0.3 is 12.0 Å². The largest absolute Gasteiger partial charge is 0.493 e. The molecule has 0 radical (unpaired) electrons. The number of nitrogens with one attached hydrogen (secondary N) is 1. The van der Waals surface area contributed by atoms with E-state index in [0.717, 1.165) is 4.90 Å². The lowest BCUT2D eigenvalue weighted by Gasteiger charge is -2.26. The number of hydrogen-bond acceptors (Lipinski definition) is 7. The number of ether oxygens (including phenoxy) is 2. The highest BCUT2D eigenvalue weighted by molar-refractivity contribution is 6.39. The number of aromatic carboxylic acids is 1. The normalized spacial score (nSPS) is 14.8. The van der Waals surface area contributed by atoms with Crippen LogP contribution in [-0.2, 0) is 16.2 Å².